The van der Waals surface area contributed by atoms with Crippen LogP contribution in [-0.4, -0.2) is 31.3 Å². The number of methoxy groups -OCH3 is 1. The summed E-state index contributed by atoms with van der Waals surface area (Å²) in [6.45, 7) is 1.99. The minimum atomic E-state index is 0.383. The van der Waals surface area contributed by atoms with E-state index in [0.29, 0.717) is 6.10 Å². The topological polar surface area (TPSA) is 51.4 Å². The van der Waals surface area contributed by atoms with Gasteiger partial charge >= 0.3 is 0 Å². The molecule has 0 spiro atoms. The van der Waals surface area contributed by atoms with Gasteiger partial charge in [-0.25, -0.2) is 0 Å². The monoisotopic (exact) mass is 335 g/mol. The van der Waals surface area contributed by atoms with Gasteiger partial charge in [0.2, 0.25) is 0 Å². The molecule has 4 nitrogen and oxygen atoms in total. The highest BCUT2D eigenvalue weighted by molar-refractivity contribution is 9.10. The Morgan fingerprint density at radius 2 is 2.10 bits per heavy atom. The van der Waals surface area contributed by atoms with E-state index in [-0.39, 0.29) is 0 Å². The molecule has 1 fully saturated rings. The summed E-state index contributed by atoms with van der Waals surface area (Å²) in [5.41, 5.74) is 8.97. The number of piperidine rings is 1. The van der Waals surface area contributed by atoms with Crippen LogP contribution in [0.25, 0.3) is 10.9 Å². The Labute approximate surface area is 127 Å². The Bertz CT molecular complexity index is 624. The van der Waals surface area contributed by atoms with Crippen LogP contribution >= 0.6 is 15.9 Å². The van der Waals surface area contributed by atoms with Crippen molar-refractivity contribution in [2.24, 2.45) is 0 Å². The van der Waals surface area contributed by atoms with E-state index in [9.17, 15) is 0 Å². The molecule has 0 aliphatic carbocycles. The van der Waals surface area contributed by atoms with Crippen LogP contribution in [0.3, 0.4) is 0 Å². The number of halogens is 1. The largest absolute Gasteiger partial charge is 0.398 e. The first-order valence-electron chi connectivity index (χ1n) is 6.80. The van der Waals surface area contributed by atoms with Crippen molar-refractivity contribution in [1.29, 1.82) is 0 Å². The highest BCUT2D eigenvalue weighted by atomic mass is 79.9. The number of nitrogens with zero attached hydrogens (tertiary/aromatic N) is 2. The molecule has 0 amide bonds. The fourth-order valence-corrected chi connectivity index (χ4v) is 3.12. The maximum atomic E-state index is 6.07. The molecule has 0 unspecified atom stereocenters. The first-order valence-corrected chi connectivity index (χ1v) is 7.60. The highest BCUT2D eigenvalue weighted by Gasteiger charge is 2.21. The summed E-state index contributed by atoms with van der Waals surface area (Å²) in [5, 5.41) is 1.01. The second-order valence-electron chi connectivity index (χ2n) is 5.15. The molecule has 0 bridgehead atoms. The lowest BCUT2D eigenvalue weighted by atomic mass is 10.1. The van der Waals surface area contributed by atoms with Crippen molar-refractivity contribution < 1.29 is 4.74 Å². The Morgan fingerprint density at radius 3 is 2.80 bits per heavy atom. The van der Waals surface area contributed by atoms with Gasteiger partial charge < -0.3 is 15.4 Å². The molecule has 5 heteroatoms. The number of pyridine rings is 1. The predicted molar refractivity (Wildman–Crippen MR) is 86.1 cm³/mol. The minimum Gasteiger partial charge on any atom is -0.398 e. The Kier molecular flexibility index (Phi) is 3.81. The molecular formula is C15H18BrN3O. The van der Waals surface area contributed by atoms with Crippen molar-refractivity contribution in [3.63, 3.8) is 0 Å². The molecule has 106 valence electrons. The molecule has 1 saturated heterocycles. The summed E-state index contributed by atoms with van der Waals surface area (Å²) in [6.07, 6.45) is 4.32. The Balaban J connectivity index is 1.98. The van der Waals surface area contributed by atoms with Crippen molar-refractivity contribution in [2.75, 3.05) is 30.8 Å². The van der Waals surface area contributed by atoms with Crippen LogP contribution in [0.1, 0.15) is 12.8 Å². The first kappa shape index (κ1) is 13.6. The molecular weight excluding hydrogens is 318 g/mol. The van der Waals surface area contributed by atoms with Gasteiger partial charge in [-0.3, -0.25) is 4.98 Å². The summed E-state index contributed by atoms with van der Waals surface area (Å²) >= 11 is 3.46. The van der Waals surface area contributed by atoms with E-state index < -0.39 is 0 Å². The number of aromatic nitrogens is 1. The number of ether oxygens (including phenoxy) is 1. The average molecular weight is 336 g/mol. The molecule has 0 atom stereocenters. The third kappa shape index (κ3) is 2.47. The quantitative estimate of drug-likeness (QED) is 0.856. The van der Waals surface area contributed by atoms with Gasteiger partial charge in [-0.15, -0.1) is 0 Å². The van der Waals surface area contributed by atoms with Crippen molar-refractivity contribution in [1.82, 2.24) is 4.98 Å². The Morgan fingerprint density at radius 1 is 1.35 bits per heavy atom. The number of fused-ring (bicyclic) bond motifs is 1. The fraction of sp³-hybridized carbons (Fsp3) is 0.400. The number of benzene rings is 1. The zero-order valence-electron chi connectivity index (χ0n) is 11.5. The lowest BCUT2D eigenvalue weighted by Crippen LogP contribution is -2.36. The number of hydrogen-bond donors (Lipinski definition) is 1. The molecule has 1 aromatic carbocycles. The summed E-state index contributed by atoms with van der Waals surface area (Å²) in [4.78, 5) is 6.93. The molecule has 0 radical (unpaired) electrons. The third-order valence-electron chi connectivity index (χ3n) is 3.94. The van der Waals surface area contributed by atoms with Crippen LogP contribution in [-0.2, 0) is 4.74 Å². The van der Waals surface area contributed by atoms with E-state index in [1.54, 1.807) is 7.11 Å². The Hall–Kier alpha value is -1.33. The number of rotatable bonds is 2. The van der Waals surface area contributed by atoms with Crippen molar-refractivity contribution in [3.8, 4) is 0 Å². The number of anilines is 2. The first-order chi connectivity index (χ1) is 9.69. The minimum absolute atomic E-state index is 0.383. The fourth-order valence-electron chi connectivity index (χ4n) is 2.79. The number of nitrogen functional groups attached to an aromatic ring is 1. The molecule has 2 N–H and O–H groups in total. The lowest BCUT2D eigenvalue weighted by Gasteiger charge is -2.33. The average Bonchev–Trinajstić information content (AvgIpc) is 2.48. The molecule has 1 aromatic heterocycles. The van der Waals surface area contributed by atoms with Gasteiger partial charge in [-0.2, -0.15) is 0 Å². The molecule has 3 rings (SSSR count). The maximum Gasteiger partial charge on any atom is 0.0956 e. The second-order valence-corrected chi connectivity index (χ2v) is 6.06. The summed E-state index contributed by atoms with van der Waals surface area (Å²) in [6, 6.07) is 6.07. The molecule has 0 saturated carbocycles. The van der Waals surface area contributed by atoms with Gasteiger partial charge in [0.25, 0.3) is 0 Å². The van der Waals surface area contributed by atoms with Crippen LogP contribution in [0.5, 0.6) is 0 Å². The maximum absolute atomic E-state index is 6.07. The summed E-state index contributed by atoms with van der Waals surface area (Å²) < 4.78 is 6.38. The van der Waals surface area contributed by atoms with E-state index in [2.05, 4.69) is 31.9 Å². The van der Waals surface area contributed by atoms with E-state index in [0.717, 1.165) is 52.7 Å². The lowest BCUT2D eigenvalue weighted by molar-refractivity contribution is 0.0819. The van der Waals surface area contributed by atoms with Gasteiger partial charge in [0.15, 0.2) is 0 Å². The summed E-state index contributed by atoms with van der Waals surface area (Å²) in [5.74, 6) is 0. The van der Waals surface area contributed by atoms with Gasteiger partial charge in [-0.1, -0.05) is 0 Å². The smallest absolute Gasteiger partial charge is 0.0956 e. The van der Waals surface area contributed by atoms with E-state index >= 15 is 0 Å². The van der Waals surface area contributed by atoms with E-state index in [4.69, 9.17) is 10.5 Å². The molecule has 2 heterocycles. The van der Waals surface area contributed by atoms with Crippen molar-refractivity contribution in [2.45, 2.75) is 18.9 Å². The molecule has 1 aliphatic rings. The van der Waals surface area contributed by atoms with Gasteiger partial charge in [0.1, 0.15) is 0 Å². The van der Waals surface area contributed by atoms with Crippen molar-refractivity contribution in [3.05, 3.63) is 28.9 Å². The third-order valence-corrected chi connectivity index (χ3v) is 4.38. The summed E-state index contributed by atoms with van der Waals surface area (Å²) in [7, 11) is 1.79. The van der Waals surface area contributed by atoms with Crippen LogP contribution in [0.15, 0.2) is 28.9 Å². The van der Waals surface area contributed by atoms with Gasteiger partial charge in [0.05, 0.1) is 17.3 Å². The van der Waals surface area contributed by atoms with Crippen LogP contribution in [0.2, 0.25) is 0 Å². The zero-order valence-corrected chi connectivity index (χ0v) is 13.1. The zero-order chi connectivity index (χ0) is 14.1. The van der Waals surface area contributed by atoms with Crippen LogP contribution in [0.4, 0.5) is 11.4 Å². The number of hydrogen-bond acceptors (Lipinski definition) is 4. The second kappa shape index (κ2) is 5.58. The van der Waals surface area contributed by atoms with E-state index in [1.807, 2.05) is 18.3 Å². The molecule has 2 aromatic rings. The van der Waals surface area contributed by atoms with E-state index in [1.165, 1.54) is 0 Å². The van der Waals surface area contributed by atoms with Crippen molar-refractivity contribution >= 4 is 38.2 Å². The predicted octanol–water partition coefficient (Wildman–Crippen LogP) is 3.19. The number of nitrogens with two attached hydrogens (primary N) is 1. The molecule has 20 heavy (non-hydrogen) atoms. The highest BCUT2D eigenvalue weighted by Crippen LogP contribution is 2.32. The molecule has 1 aliphatic heterocycles. The standard InChI is InChI=1S/C15H18BrN3O/c1-20-11-4-6-19(7-5-11)14-3-2-13(17)12-8-10(16)9-18-15(12)14/h2-3,8-9,11H,4-7,17H2,1H3. The van der Waals surface area contributed by atoms with Crippen LogP contribution in [0, 0.1) is 0 Å². The van der Waals surface area contributed by atoms with Gasteiger partial charge in [-0.05, 0) is 47.0 Å². The van der Waals surface area contributed by atoms with Gasteiger partial charge in [0, 0.05) is 41.9 Å². The van der Waals surface area contributed by atoms with Crippen LogP contribution < -0.4 is 10.6 Å². The SMILES string of the molecule is COC1CCN(c2ccc(N)c3cc(Br)cnc23)CC1. The normalized spacial score (nSPS) is 16.8.